The molecule has 2 aromatic heterocycles. The second-order valence-electron chi connectivity index (χ2n) is 5.41. The Balaban J connectivity index is 1.52. The number of carbonyl (C=O) groups excluding carboxylic acids is 1. The molecule has 4 heterocycles. The van der Waals surface area contributed by atoms with Crippen molar-refractivity contribution < 1.29 is 13.9 Å². The largest absolute Gasteiger partial charge is 0.472 e. The molecule has 7 nitrogen and oxygen atoms in total. The van der Waals surface area contributed by atoms with E-state index in [1.807, 2.05) is 6.20 Å². The van der Waals surface area contributed by atoms with Gasteiger partial charge in [-0.3, -0.25) is 4.79 Å². The van der Waals surface area contributed by atoms with Crippen molar-refractivity contribution in [3.05, 3.63) is 41.6 Å². The molecule has 1 saturated heterocycles. The molecule has 0 aromatic carbocycles. The molecule has 0 saturated carbocycles. The van der Waals surface area contributed by atoms with Crippen LogP contribution in [0.3, 0.4) is 0 Å². The summed E-state index contributed by atoms with van der Waals surface area (Å²) in [6.45, 7) is 4.06. The average molecular weight is 300 g/mol. The van der Waals surface area contributed by atoms with Gasteiger partial charge in [-0.25, -0.2) is 9.97 Å². The Bertz CT molecular complexity index is 680. The number of hydrogen-bond donors (Lipinski definition) is 0. The lowest BCUT2D eigenvalue weighted by atomic mass is 10.3. The molecule has 1 amide bonds. The van der Waals surface area contributed by atoms with E-state index in [-0.39, 0.29) is 5.91 Å². The van der Waals surface area contributed by atoms with Crippen molar-refractivity contribution >= 4 is 11.9 Å². The van der Waals surface area contributed by atoms with Crippen LogP contribution in [0, 0.1) is 0 Å². The third-order valence-corrected chi connectivity index (χ3v) is 3.99. The smallest absolute Gasteiger partial charge is 0.257 e. The lowest BCUT2D eigenvalue weighted by Gasteiger charge is -2.26. The molecule has 0 atom stereocenters. The van der Waals surface area contributed by atoms with Crippen LogP contribution in [0.1, 0.15) is 21.6 Å². The fraction of sp³-hybridized carbons (Fsp3) is 0.400. The van der Waals surface area contributed by atoms with E-state index in [0.717, 1.165) is 30.3 Å². The Morgan fingerprint density at radius 2 is 2.09 bits per heavy atom. The summed E-state index contributed by atoms with van der Waals surface area (Å²) in [6, 6.07) is 1.68. The molecule has 0 bridgehead atoms. The number of anilines is 1. The molecule has 2 aliphatic rings. The van der Waals surface area contributed by atoms with Crippen LogP contribution in [0.25, 0.3) is 0 Å². The molecule has 2 aliphatic heterocycles. The number of morpholine rings is 1. The van der Waals surface area contributed by atoms with E-state index in [9.17, 15) is 4.79 Å². The van der Waals surface area contributed by atoms with Gasteiger partial charge in [0.15, 0.2) is 0 Å². The molecule has 0 radical (unpaired) electrons. The lowest BCUT2D eigenvalue weighted by Crippen LogP contribution is -2.37. The Morgan fingerprint density at radius 1 is 1.23 bits per heavy atom. The quantitative estimate of drug-likeness (QED) is 0.826. The standard InChI is InChI=1S/C15H16N4O3/c20-14(11-1-4-22-10-11)19-8-12-7-16-15(17-13(12)9-19)18-2-5-21-6-3-18/h1,4,7,10H,2-3,5-6,8-9H2. The third-order valence-electron chi connectivity index (χ3n) is 3.99. The summed E-state index contributed by atoms with van der Waals surface area (Å²) >= 11 is 0. The van der Waals surface area contributed by atoms with Gasteiger partial charge in [0.1, 0.15) is 6.26 Å². The molecule has 1 fully saturated rings. The van der Waals surface area contributed by atoms with Gasteiger partial charge in [-0.15, -0.1) is 0 Å². The molecule has 0 spiro atoms. The van der Waals surface area contributed by atoms with Gasteiger partial charge in [0.2, 0.25) is 5.95 Å². The minimum Gasteiger partial charge on any atom is -0.472 e. The first-order valence-electron chi connectivity index (χ1n) is 7.30. The van der Waals surface area contributed by atoms with Crippen molar-refractivity contribution in [3.8, 4) is 0 Å². The van der Waals surface area contributed by atoms with E-state index in [4.69, 9.17) is 9.15 Å². The summed E-state index contributed by atoms with van der Waals surface area (Å²) in [5.74, 6) is 0.680. The molecule has 0 aliphatic carbocycles. The van der Waals surface area contributed by atoms with Crippen molar-refractivity contribution in [1.82, 2.24) is 14.9 Å². The number of carbonyl (C=O) groups is 1. The molecule has 0 unspecified atom stereocenters. The van der Waals surface area contributed by atoms with Gasteiger partial charge >= 0.3 is 0 Å². The number of ether oxygens (including phenoxy) is 1. The van der Waals surface area contributed by atoms with E-state index in [2.05, 4.69) is 14.9 Å². The average Bonchev–Trinajstić information content (AvgIpc) is 3.23. The number of nitrogens with zero attached hydrogens (tertiary/aromatic N) is 4. The van der Waals surface area contributed by atoms with Gasteiger partial charge in [0.05, 0.1) is 37.3 Å². The highest BCUT2D eigenvalue weighted by Crippen LogP contribution is 2.24. The van der Waals surface area contributed by atoms with Gasteiger partial charge in [0.25, 0.3) is 5.91 Å². The predicted octanol–water partition coefficient (Wildman–Crippen LogP) is 1.06. The molecular formula is C15H16N4O3. The maximum absolute atomic E-state index is 12.4. The molecule has 22 heavy (non-hydrogen) atoms. The van der Waals surface area contributed by atoms with E-state index in [1.54, 1.807) is 11.0 Å². The van der Waals surface area contributed by atoms with Crippen LogP contribution in [0.2, 0.25) is 0 Å². The monoisotopic (exact) mass is 300 g/mol. The Kier molecular flexibility index (Phi) is 3.27. The van der Waals surface area contributed by atoms with Crippen LogP contribution < -0.4 is 4.90 Å². The Labute approximate surface area is 127 Å². The van der Waals surface area contributed by atoms with Crippen LogP contribution >= 0.6 is 0 Å². The molecule has 0 N–H and O–H groups in total. The maximum atomic E-state index is 12.4. The molecule has 4 rings (SSSR count). The first-order chi connectivity index (χ1) is 10.8. The molecule has 2 aromatic rings. The molecule has 114 valence electrons. The highest BCUT2D eigenvalue weighted by Gasteiger charge is 2.27. The summed E-state index contributed by atoms with van der Waals surface area (Å²) in [5, 5.41) is 0. The van der Waals surface area contributed by atoms with Crippen LogP contribution in [0.5, 0.6) is 0 Å². The van der Waals surface area contributed by atoms with Crippen LogP contribution in [0.4, 0.5) is 5.95 Å². The Morgan fingerprint density at radius 3 is 2.86 bits per heavy atom. The first kappa shape index (κ1) is 13.3. The van der Waals surface area contributed by atoms with E-state index < -0.39 is 0 Å². The first-order valence-corrected chi connectivity index (χ1v) is 7.30. The summed E-state index contributed by atoms with van der Waals surface area (Å²) in [4.78, 5) is 25.3. The molecular weight excluding hydrogens is 284 g/mol. The van der Waals surface area contributed by atoms with Crippen LogP contribution in [0.15, 0.2) is 29.2 Å². The number of hydrogen-bond acceptors (Lipinski definition) is 6. The van der Waals surface area contributed by atoms with E-state index in [1.165, 1.54) is 12.5 Å². The highest BCUT2D eigenvalue weighted by atomic mass is 16.5. The summed E-state index contributed by atoms with van der Waals surface area (Å²) in [7, 11) is 0. The fourth-order valence-corrected chi connectivity index (χ4v) is 2.77. The summed E-state index contributed by atoms with van der Waals surface area (Å²) < 4.78 is 10.3. The van der Waals surface area contributed by atoms with Crippen LogP contribution in [-0.2, 0) is 17.8 Å². The number of rotatable bonds is 2. The maximum Gasteiger partial charge on any atom is 0.257 e. The predicted molar refractivity (Wildman–Crippen MR) is 77.3 cm³/mol. The zero-order valence-electron chi connectivity index (χ0n) is 12.1. The SMILES string of the molecule is O=C(c1ccoc1)N1Cc2cnc(N3CCOCC3)nc2C1. The van der Waals surface area contributed by atoms with E-state index in [0.29, 0.717) is 31.9 Å². The van der Waals surface area contributed by atoms with Crippen molar-refractivity contribution in [3.63, 3.8) is 0 Å². The number of furan rings is 1. The molecule has 7 heteroatoms. The van der Waals surface area contributed by atoms with Gasteiger partial charge in [0, 0.05) is 31.4 Å². The third kappa shape index (κ3) is 2.33. The number of aromatic nitrogens is 2. The summed E-state index contributed by atoms with van der Waals surface area (Å²) in [6.07, 6.45) is 4.80. The normalized spacial score (nSPS) is 17.6. The van der Waals surface area contributed by atoms with Crippen molar-refractivity contribution in [1.29, 1.82) is 0 Å². The van der Waals surface area contributed by atoms with Crippen molar-refractivity contribution in [2.24, 2.45) is 0 Å². The van der Waals surface area contributed by atoms with Crippen molar-refractivity contribution in [2.45, 2.75) is 13.1 Å². The number of amides is 1. The highest BCUT2D eigenvalue weighted by molar-refractivity contribution is 5.94. The van der Waals surface area contributed by atoms with E-state index >= 15 is 0 Å². The fourth-order valence-electron chi connectivity index (χ4n) is 2.77. The topological polar surface area (TPSA) is 71.7 Å². The lowest BCUT2D eigenvalue weighted by molar-refractivity contribution is 0.0749. The van der Waals surface area contributed by atoms with Gasteiger partial charge < -0.3 is 19.0 Å². The van der Waals surface area contributed by atoms with Crippen LogP contribution in [-0.4, -0.2) is 47.1 Å². The van der Waals surface area contributed by atoms with Gasteiger partial charge in [-0.1, -0.05) is 0 Å². The van der Waals surface area contributed by atoms with Gasteiger partial charge in [-0.2, -0.15) is 0 Å². The minimum absolute atomic E-state index is 0.0420. The van der Waals surface area contributed by atoms with Gasteiger partial charge in [-0.05, 0) is 6.07 Å². The Hall–Kier alpha value is -2.41. The number of fused-ring (bicyclic) bond motifs is 1. The zero-order valence-corrected chi connectivity index (χ0v) is 12.1. The minimum atomic E-state index is -0.0420. The summed E-state index contributed by atoms with van der Waals surface area (Å²) in [5.41, 5.74) is 2.50. The second-order valence-corrected chi connectivity index (χ2v) is 5.41. The van der Waals surface area contributed by atoms with Crippen molar-refractivity contribution in [2.75, 3.05) is 31.2 Å². The second kappa shape index (κ2) is 5.42. The zero-order chi connectivity index (χ0) is 14.9.